The molecule has 1 fully saturated rings. The van der Waals surface area contributed by atoms with Gasteiger partial charge in [-0.05, 0) is 24.3 Å². The maximum absolute atomic E-state index is 12.6. The number of benzene rings is 1. The number of ether oxygens (including phenoxy) is 1. The monoisotopic (exact) mass is 362 g/mol. The zero-order valence-electron chi connectivity index (χ0n) is 12.2. The largest absolute Gasteiger partial charge is 0.371 e. The van der Waals surface area contributed by atoms with Crippen LogP contribution in [0.4, 0.5) is 5.69 Å². The van der Waals surface area contributed by atoms with Gasteiger partial charge in [0, 0.05) is 0 Å². The van der Waals surface area contributed by atoms with Crippen LogP contribution in [0.1, 0.15) is 30.4 Å². The van der Waals surface area contributed by atoms with Crippen LogP contribution in [-0.4, -0.2) is 41.9 Å². The Morgan fingerprint density at radius 2 is 2.08 bits per heavy atom. The first kappa shape index (κ1) is 15.3. The highest BCUT2D eigenvalue weighted by molar-refractivity contribution is 7.18. The first-order valence-corrected chi connectivity index (χ1v) is 8.41. The Kier molecular flexibility index (Phi) is 3.64. The van der Waals surface area contributed by atoms with Gasteiger partial charge in [0.15, 0.2) is 0 Å². The summed E-state index contributed by atoms with van der Waals surface area (Å²) >= 11 is 6.98. The van der Waals surface area contributed by atoms with E-state index in [0.717, 1.165) is 11.3 Å². The van der Waals surface area contributed by atoms with Gasteiger partial charge in [-0.15, -0.1) is 11.3 Å². The number of thiophene rings is 1. The van der Waals surface area contributed by atoms with Gasteiger partial charge in [-0.25, -0.2) is 0 Å². The van der Waals surface area contributed by atoms with Gasteiger partial charge in [0.2, 0.25) is 0 Å². The van der Waals surface area contributed by atoms with Gasteiger partial charge in [-0.3, -0.25) is 19.3 Å². The number of halogens is 1. The van der Waals surface area contributed by atoms with Crippen molar-refractivity contribution in [2.75, 3.05) is 18.5 Å². The quantitative estimate of drug-likeness (QED) is 0.670. The number of amides is 3. The third-order valence-electron chi connectivity index (χ3n) is 3.83. The average Bonchev–Trinajstić information content (AvgIpc) is 3.23. The number of carbonyl (C=O) groups is 3. The second kappa shape index (κ2) is 5.70. The van der Waals surface area contributed by atoms with E-state index in [1.807, 2.05) is 0 Å². The Labute approximate surface area is 146 Å². The topological polar surface area (TPSA) is 79.0 Å². The summed E-state index contributed by atoms with van der Waals surface area (Å²) in [5.74, 6) is -1.14. The van der Waals surface area contributed by atoms with E-state index in [1.165, 1.54) is 4.90 Å². The van der Waals surface area contributed by atoms with Crippen molar-refractivity contribution >= 4 is 46.3 Å². The molecular weight excluding hydrogens is 352 g/mol. The standard InChI is InChI=1S/C16H11ClN2O4S/c17-12-5-4-11(24-12)14(20)18-10-3-1-2-9-13(10)16(22)19(15(9)21)6-8-7-23-8/h1-5,8H,6-7H2,(H,18,20). The van der Waals surface area contributed by atoms with Crippen molar-refractivity contribution in [3.05, 3.63) is 50.7 Å². The fourth-order valence-corrected chi connectivity index (χ4v) is 3.54. The van der Waals surface area contributed by atoms with E-state index >= 15 is 0 Å². The summed E-state index contributed by atoms with van der Waals surface area (Å²) in [7, 11) is 0. The number of carbonyl (C=O) groups excluding carboxylic acids is 3. The van der Waals surface area contributed by atoms with Crippen LogP contribution in [0.15, 0.2) is 30.3 Å². The zero-order valence-corrected chi connectivity index (χ0v) is 13.8. The molecule has 3 amide bonds. The smallest absolute Gasteiger partial charge is 0.265 e. The van der Waals surface area contributed by atoms with Crippen LogP contribution in [0.2, 0.25) is 4.34 Å². The number of nitrogens with zero attached hydrogens (tertiary/aromatic N) is 1. The molecule has 0 bridgehead atoms. The molecule has 2 aliphatic heterocycles. The second-order valence-electron chi connectivity index (χ2n) is 5.46. The van der Waals surface area contributed by atoms with Gasteiger partial charge in [0.05, 0.1) is 45.3 Å². The van der Waals surface area contributed by atoms with Crippen LogP contribution in [-0.2, 0) is 4.74 Å². The van der Waals surface area contributed by atoms with Crippen molar-refractivity contribution in [1.82, 2.24) is 4.90 Å². The Hall–Kier alpha value is -2.22. The molecule has 1 saturated heterocycles. The molecule has 1 aromatic heterocycles. The molecule has 2 aliphatic rings. The second-order valence-corrected chi connectivity index (χ2v) is 7.18. The predicted molar refractivity (Wildman–Crippen MR) is 88.8 cm³/mol. The zero-order chi connectivity index (χ0) is 16.8. The van der Waals surface area contributed by atoms with E-state index in [4.69, 9.17) is 16.3 Å². The first-order chi connectivity index (χ1) is 11.5. The number of hydrogen-bond donors (Lipinski definition) is 1. The van der Waals surface area contributed by atoms with Crippen LogP contribution in [0.3, 0.4) is 0 Å². The number of imide groups is 1. The SMILES string of the molecule is O=C(Nc1cccc2c1C(=O)N(CC1CO1)C2=O)c1ccc(Cl)s1. The Morgan fingerprint density at radius 1 is 1.29 bits per heavy atom. The van der Waals surface area contributed by atoms with Crippen molar-refractivity contribution in [2.45, 2.75) is 6.10 Å². The van der Waals surface area contributed by atoms with Crippen LogP contribution in [0.25, 0.3) is 0 Å². The third kappa shape index (κ3) is 2.60. The van der Waals surface area contributed by atoms with Gasteiger partial charge in [-0.1, -0.05) is 17.7 Å². The summed E-state index contributed by atoms with van der Waals surface area (Å²) in [5, 5.41) is 2.69. The molecule has 1 aromatic carbocycles. The molecular formula is C16H11ClN2O4S. The molecule has 4 rings (SSSR count). The van der Waals surface area contributed by atoms with E-state index in [2.05, 4.69) is 5.32 Å². The number of nitrogens with one attached hydrogen (secondary N) is 1. The molecule has 0 radical (unpaired) electrons. The highest BCUT2D eigenvalue weighted by atomic mass is 35.5. The molecule has 1 atom stereocenters. The van der Waals surface area contributed by atoms with Crippen molar-refractivity contribution in [3.63, 3.8) is 0 Å². The van der Waals surface area contributed by atoms with E-state index < -0.39 is 5.91 Å². The molecule has 2 aromatic rings. The lowest BCUT2D eigenvalue weighted by atomic mass is 10.1. The molecule has 0 aliphatic carbocycles. The number of anilines is 1. The Morgan fingerprint density at radius 3 is 2.75 bits per heavy atom. The number of hydrogen-bond acceptors (Lipinski definition) is 5. The summed E-state index contributed by atoms with van der Waals surface area (Å²) < 4.78 is 5.59. The molecule has 0 saturated carbocycles. The lowest BCUT2D eigenvalue weighted by molar-refractivity contribution is 0.0642. The van der Waals surface area contributed by atoms with Crippen LogP contribution in [0.5, 0.6) is 0 Å². The first-order valence-electron chi connectivity index (χ1n) is 7.22. The van der Waals surface area contributed by atoms with Crippen molar-refractivity contribution in [1.29, 1.82) is 0 Å². The molecule has 1 unspecified atom stereocenters. The molecule has 6 nitrogen and oxygen atoms in total. The van der Waals surface area contributed by atoms with Crippen LogP contribution < -0.4 is 5.32 Å². The number of fused-ring (bicyclic) bond motifs is 1. The van der Waals surface area contributed by atoms with Gasteiger partial charge in [-0.2, -0.15) is 0 Å². The minimum atomic E-state index is -0.411. The highest BCUT2D eigenvalue weighted by Crippen LogP contribution is 2.31. The number of rotatable bonds is 4. The summed E-state index contributed by atoms with van der Waals surface area (Å²) in [4.78, 5) is 38.9. The van der Waals surface area contributed by atoms with Gasteiger partial charge in [0.1, 0.15) is 0 Å². The Bertz CT molecular complexity index is 875. The lowest BCUT2D eigenvalue weighted by Crippen LogP contribution is -2.33. The number of epoxide rings is 1. The van der Waals surface area contributed by atoms with Crippen LogP contribution >= 0.6 is 22.9 Å². The predicted octanol–water partition coefficient (Wildman–Crippen LogP) is 2.65. The van der Waals surface area contributed by atoms with E-state index in [0.29, 0.717) is 27.1 Å². The van der Waals surface area contributed by atoms with Crippen LogP contribution in [0, 0.1) is 0 Å². The maximum atomic E-state index is 12.6. The fraction of sp³-hybridized carbons (Fsp3) is 0.188. The van der Waals surface area contributed by atoms with Gasteiger partial charge in [0.25, 0.3) is 17.7 Å². The average molecular weight is 363 g/mol. The van der Waals surface area contributed by atoms with Gasteiger partial charge < -0.3 is 10.1 Å². The summed E-state index contributed by atoms with van der Waals surface area (Å²) in [5.41, 5.74) is 0.835. The molecule has 0 spiro atoms. The normalized spacial score (nSPS) is 18.7. The maximum Gasteiger partial charge on any atom is 0.265 e. The van der Waals surface area contributed by atoms with E-state index in [9.17, 15) is 14.4 Å². The fourth-order valence-electron chi connectivity index (χ4n) is 2.60. The van der Waals surface area contributed by atoms with Crippen molar-refractivity contribution in [3.8, 4) is 0 Å². The highest BCUT2D eigenvalue weighted by Gasteiger charge is 2.41. The lowest BCUT2D eigenvalue weighted by Gasteiger charge is -2.12. The van der Waals surface area contributed by atoms with Crippen molar-refractivity contribution < 1.29 is 19.1 Å². The molecule has 8 heteroatoms. The van der Waals surface area contributed by atoms with E-state index in [1.54, 1.807) is 30.3 Å². The summed E-state index contributed by atoms with van der Waals surface area (Å²) in [6, 6.07) is 8.06. The minimum absolute atomic E-state index is 0.0847. The van der Waals surface area contributed by atoms with Crippen molar-refractivity contribution in [2.24, 2.45) is 0 Å². The van der Waals surface area contributed by atoms with E-state index in [-0.39, 0.29) is 30.0 Å². The summed E-state index contributed by atoms with van der Waals surface area (Å²) in [6.45, 7) is 0.788. The Balaban J connectivity index is 1.64. The third-order valence-corrected chi connectivity index (χ3v) is 5.06. The minimum Gasteiger partial charge on any atom is -0.371 e. The molecule has 3 heterocycles. The molecule has 1 N–H and O–H groups in total. The molecule has 24 heavy (non-hydrogen) atoms. The summed E-state index contributed by atoms with van der Waals surface area (Å²) in [6.07, 6.45) is -0.0847. The molecule has 122 valence electrons. The van der Waals surface area contributed by atoms with Gasteiger partial charge >= 0.3 is 0 Å².